The number of ether oxygens (including phenoxy) is 1. The molecule has 0 bridgehead atoms. The number of benzene rings is 2. The highest BCUT2D eigenvalue weighted by atomic mass is 16.5. The average molecular weight is 327 g/mol. The van der Waals surface area contributed by atoms with E-state index in [9.17, 15) is 19.8 Å². The summed E-state index contributed by atoms with van der Waals surface area (Å²) < 4.78 is 5.19. The Balaban J connectivity index is 2.05. The quantitative estimate of drug-likeness (QED) is 0.378. The van der Waals surface area contributed by atoms with Crippen molar-refractivity contribution in [1.82, 2.24) is 0 Å². The van der Waals surface area contributed by atoms with Crippen LogP contribution in [0.15, 0.2) is 30.3 Å². The molecule has 0 atom stereocenters. The molecule has 0 saturated heterocycles. The van der Waals surface area contributed by atoms with Crippen LogP contribution >= 0.6 is 0 Å². The SMILES string of the molecule is CCOCCNc1cc(O)c2c(c1O)C(=O)c1ccccc1C2=O. The number of phenols is 2. The highest BCUT2D eigenvalue weighted by Crippen LogP contribution is 2.42. The van der Waals surface area contributed by atoms with Crippen LogP contribution in [0.1, 0.15) is 38.8 Å². The number of anilines is 1. The van der Waals surface area contributed by atoms with Gasteiger partial charge in [0.05, 0.1) is 23.4 Å². The van der Waals surface area contributed by atoms with Gasteiger partial charge in [-0.15, -0.1) is 0 Å². The molecule has 0 radical (unpaired) electrons. The third kappa shape index (κ3) is 2.51. The summed E-state index contributed by atoms with van der Waals surface area (Å²) in [6.07, 6.45) is 0. The molecule has 124 valence electrons. The number of carbonyl (C=O) groups is 2. The summed E-state index contributed by atoms with van der Waals surface area (Å²) in [5.74, 6) is -1.64. The molecule has 3 rings (SSSR count). The van der Waals surface area contributed by atoms with Gasteiger partial charge in [-0.1, -0.05) is 24.3 Å². The van der Waals surface area contributed by atoms with Crippen LogP contribution in [0, 0.1) is 0 Å². The lowest BCUT2D eigenvalue weighted by molar-refractivity contribution is 0.0974. The zero-order chi connectivity index (χ0) is 17.3. The number of nitrogens with one attached hydrogen (secondary N) is 1. The molecular formula is C18H17NO5. The zero-order valence-electron chi connectivity index (χ0n) is 13.1. The van der Waals surface area contributed by atoms with E-state index in [-0.39, 0.29) is 39.4 Å². The Morgan fingerprint density at radius 1 is 1.04 bits per heavy atom. The van der Waals surface area contributed by atoms with Crippen molar-refractivity contribution in [3.63, 3.8) is 0 Å². The van der Waals surface area contributed by atoms with Crippen LogP contribution in [0.4, 0.5) is 5.69 Å². The summed E-state index contributed by atoms with van der Waals surface area (Å²) >= 11 is 0. The third-order valence-corrected chi connectivity index (χ3v) is 3.92. The van der Waals surface area contributed by atoms with Gasteiger partial charge in [-0.25, -0.2) is 0 Å². The lowest BCUT2D eigenvalue weighted by Crippen LogP contribution is -2.22. The Morgan fingerprint density at radius 3 is 2.29 bits per heavy atom. The molecule has 24 heavy (non-hydrogen) atoms. The Hall–Kier alpha value is -2.86. The second-order valence-electron chi connectivity index (χ2n) is 5.37. The number of hydrogen-bond donors (Lipinski definition) is 3. The molecule has 1 aliphatic rings. The van der Waals surface area contributed by atoms with Crippen LogP contribution in [0.25, 0.3) is 0 Å². The number of carbonyl (C=O) groups excluding carboxylic acids is 2. The molecule has 0 aromatic heterocycles. The molecule has 0 aliphatic heterocycles. The number of fused-ring (bicyclic) bond motifs is 2. The maximum atomic E-state index is 12.7. The van der Waals surface area contributed by atoms with Crippen LogP contribution in [0.5, 0.6) is 11.5 Å². The molecule has 6 nitrogen and oxygen atoms in total. The van der Waals surface area contributed by atoms with Crippen molar-refractivity contribution in [3.8, 4) is 11.5 Å². The maximum absolute atomic E-state index is 12.7. The molecule has 2 aromatic rings. The van der Waals surface area contributed by atoms with Gasteiger partial charge in [0.1, 0.15) is 5.75 Å². The van der Waals surface area contributed by atoms with Crippen molar-refractivity contribution in [2.24, 2.45) is 0 Å². The molecule has 0 fully saturated rings. The molecule has 0 unspecified atom stereocenters. The van der Waals surface area contributed by atoms with Crippen molar-refractivity contribution >= 4 is 17.3 Å². The van der Waals surface area contributed by atoms with Gasteiger partial charge in [0.15, 0.2) is 17.3 Å². The van der Waals surface area contributed by atoms with Crippen molar-refractivity contribution in [2.75, 3.05) is 25.1 Å². The molecule has 3 N–H and O–H groups in total. The van der Waals surface area contributed by atoms with Crippen molar-refractivity contribution < 1.29 is 24.5 Å². The van der Waals surface area contributed by atoms with Gasteiger partial charge in [0, 0.05) is 30.3 Å². The van der Waals surface area contributed by atoms with E-state index < -0.39 is 11.6 Å². The fraction of sp³-hybridized carbons (Fsp3) is 0.222. The Kier molecular flexibility index (Phi) is 4.22. The first-order valence-corrected chi connectivity index (χ1v) is 7.65. The van der Waals surface area contributed by atoms with Gasteiger partial charge in [0.25, 0.3) is 0 Å². The summed E-state index contributed by atoms with van der Waals surface area (Å²) in [4.78, 5) is 25.3. The number of rotatable bonds is 5. The standard InChI is InChI=1S/C18H17NO5/c1-2-24-8-7-19-12-9-13(20)14-15(18(12)23)17(22)11-6-4-3-5-10(11)16(14)21/h3-6,9,19-20,23H,2,7-8H2,1H3. The van der Waals surface area contributed by atoms with Gasteiger partial charge in [0.2, 0.25) is 0 Å². The summed E-state index contributed by atoms with van der Waals surface area (Å²) in [6.45, 7) is 3.22. The molecule has 0 saturated carbocycles. The zero-order valence-corrected chi connectivity index (χ0v) is 13.1. The smallest absolute Gasteiger partial charge is 0.198 e. The predicted octanol–water partition coefficient (Wildman–Crippen LogP) is 2.32. The van der Waals surface area contributed by atoms with E-state index in [1.807, 2.05) is 6.92 Å². The lowest BCUT2D eigenvalue weighted by Gasteiger charge is -2.21. The average Bonchev–Trinajstić information content (AvgIpc) is 2.59. The van der Waals surface area contributed by atoms with Gasteiger partial charge >= 0.3 is 0 Å². The van der Waals surface area contributed by atoms with Gasteiger partial charge in [-0.2, -0.15) is 0 Å². The van der Waals surface area contributed by atoms with E-state index in [1.54, 1.807) is 12.1 Å². The third-order valence-electron chi connectivity index (χ3n) is 3.92. The first-order chi connectivity index (χ1) is 11.6. The molecule has 1 aliphatic carbocycles. The Labute approximate surface area is 138 Å². The highest BCUT2D eigenvalue weighted by Gasteiger charge is 2.35. The monoisotopic (exact) mass is 327 g/mol. The summed E-state index contributed by atoms with van der Waals surface area (Å²) in [5, 5.41) is 23.6. The van der Waals surface area contributed by atoms with Crippen molar-refractivity contribution in [1.29, 1.82) is 0 Å². The Bertz CT molecular complexity index is 828. The fourth-order valence-corrected chi connectivity index (χ4v) is 2.79. The summed E-state index contributed by atoms with van der Waals surface area (Å²) in [7, 11) is 0. The fourth-order valence-electron chi connectivity index (χ4n) is 2.79. The van der Waals surface area contributed by atoms with E-state index in [1.165, 1.54) is 18.2 Å². The topological polar surface area (TPSA) is 95.9 Å². The maximum Gasteiger partial charge on any atom is 0.198 e. The van der Waals surface area contributed by atoms with E-state index in [0.717, 1.165) is 0 Å². The first-order valence-electron chi connectivity index (χ1n) is 7.65. The summed E-state index contributed by atoms with van der Waals surface area (Å²) in [5.41, 5.74) is 0.300. The van der Waals surface area contributed by atoms with Gasteiger partial charge in [-0.05, 0) is 6.92 Å². The van der Waals surface area contributed by atoms with Crippen molar-refractivity contribution in [2.45, 2.75) is 6.92 Å². The van der Waals surface area contributed by atoms with Crippen molar-refractivity contribution in [3.05, 3.63) is 52.6 Å². The first kappa shape index (κ1) is 16.0. The van der Waals surface area contributed by atoms with Crippen LogP contribution in [-0.2, 0) is 4.74 Å². The minimum absolute atomic E-state index is 0.161. The molecule has 6 heteroatoms. The van der Waals surface area contributed by atoms with E-state index in [4.69, 9.17) is 4.74 Å². The van der Waals surface area contributed by atoms with E-state index >= 15 is 0 Å². The number of aromatic hydroxyl groups is 2. The normalized spacial score (nSPS) is 12.7. The lowest BCUT2D eigenvalue weighted by atomic mass is 9.82. The number of phenolic OH excluding ortho intramolecular Hbond substituents is 2. The second kappa shape index (κ2) is 6.33. The molecule has 0 amide bonds. The highest BCUT2D eigenvalue weighted by molar-refractivity contribution is 6.30. The van der Waals surface area contributed by atoms with Crippen LogP contribution in [0.3, 0.4) is 0 Å². The predicted molar refractivity (Wildman–Crippen MR) is 88.1 cm³/mol. The Morgan fingerprint density at radius 2 is 1.67 bits per heavy atom. The second-order valence-corrected chi connectivity index (χ2v) is 5.37. The van der Waals surface area contributed by atoms with Gasteiger partial charge < -0.3 is 20.3 Å². The van der Waals surface area contributed by atoms with E-state index in [2.05, 4.69) is 5.32 Å². The number of hydrogen-bond acceptors (Lipinski definition) is 6. The van der Waals surface area contributed by atoms with Crippen LogP contribution in [0.2, 0.25) is 0 Å². The molecule has 2 aromatic carbocycles. The molecular weight excluding hydrogens is 310 g/mol. The van der Waals surface area contributed by atoms with E-state index in [0.29, 0.717) is 19.8 Å². The molecule has 0 heterocycles. The van der Waals surface area contributed by atoms with Crippen LogP contribution in [-0.4, -0.2) is 41.5 Å². The minimum Gasteiger partial charge on any atom is -0.507 e. The number of ketones is 2. The summed E-state index contributed by atoms with van der Waals surface area (Å²) in [6, 6.07) is 7.61. The minimum atomic E-state index is -0.485. The molecule has 0 spiro atoms. The largest absolute Gasteiger partial charge is 0.507 e. The van der Waals surface area contributed by atoms with Crippen LogP contribution < -0.4 is 5.32 Å². The van der Waals surface area contributed by atoms with Gasteiger partial charge in [-0.3, -0.25) is 9.59 Å².